The quantitative estimate of drug-likeness (QED) is 0.810. The van der Waals surface area contributed by atoms with Gasteiger partial charge in [-0.2, -0.15) is 0 Å². The predicted octanol–water partition coefficient (Wildman–Crippen LogP) is 1.73. The van der Waals surface area contributed by atoms with Crippen LogP contribution < -0.4 is 5.32 Å². The average Bonchev–Trinajstić information content (AvgIpc) is 2.63. The van der Waals surface area contributed by atoms with Gasteiger partial charge in [-0.25, -0.2) is 0 Å². The first kappa shape index (κ1) is 13.3. The first-order chi connectivity index (χ1) is 8.29. The molecule has 0 bridgehead atoms. The van der Waals surface area contributed by atoms with Crippen LogP contribution in [0.2, 0.25) is 0 Å². The summed E-state index contributed by atoms with van der Waals surface area (Å²) in [6, 6.07) is 0.584. The minimum absolute atomic E-state index is 0.584. The molecule has 0 radical (unpaired) electrons. The van der Waals surface area contributed by atoms with Gasteiger partial charge in [-0.15, -0.1) is 0 Å². The van der Waals surface area contributed by atoms with E-state index >= 15 is 0 Å². The molecule has 0 aromatic heterocycles. The number of nitrogens with zero attached hydrogens (tertiary/aromatic N) is 1. The highest BCUT2D eigenvalue weighted by atomic mass is 16.5. The second-order valence-corrected chi connectivity index (χ2v) is 5.80. The van der Waals surface area contributed by atoms with E-state index in [1.54, 1.807) is 0 Å². The highest BCUT2D eigenvalue weighted by Gasteiger charge is 2.29. The molecule has 2 heterocycles. The summed E-state index contributed by atoms with van der Waals surface area (Å²) in [6.45, 7) is 11.3. The van der Waals surface area contributed by atoms with Crippen LogP contribution in [-0.4, -0.2) is 50.3 Å². The fourth-order valence-electron chi connectivity index (χ4n) is 3.10. The lowest BCUT2D eigenvalue weighted by Crippen LogP contribution is -2.42. The maximum Gasteiger partial charge on any atom is 0.0623 e. The van der Waals surface area contributed by atoms with E-state index in [2.05, 4.69) is 24.1 Å². The Labute approximate surface area is 106 Å². The molecule has 0 amide bonds. The largest absolute Gasteiger partial charge is 0.379 e. The maximum atomic E-state index is 5.63. The zero-order valence-electron chi connectivity index (χ0n) is 11.5. The highest BCUT2D eigenvalue weighted by molar-refractivity contribution is 4.84. The molecule has 100 valence electrons. The molecule has 3 heteroatoms. The van der Waals surface area contributed by atoms with Gasteiger partial charge in [0.1, 0.15) is 0 Å². The minimum atomic E-state index is 0.584. The summed E-state index contributed by atoms with van der Waals surface area (Å²) in [7, 11) is 0. The summed E-state index contributed by atoms with van der Waals surface area (Å²) in [6.07, 6.45) is 4.16. The second-order valence-electron chi connectivity index (χ2n) is 5.80. The van der Waals surface area contributed by atoms with Crippen molar-refractivity contribution < 1.29 is 4.74 Å². The third-order valence-corrected chi connectivity index (χ3v) is 4.27. The Kier molecular flexibility index (Phi) is 5.26. The Bertz CT molecular complexity index is 222. The van der Waals surface area contributed by atoms with Gasteiger partial charge < -0.3 is 15.0 Å². The van der Waals surface area contributed by atoms with Gasteiger partial charge in [-0.3, -0.25) is 0 Å². The normalized spacial score (nSPS) is 36.0. The molecule has 2 saturated heterocycles. The first-order valence-electron chi connectivity index (χ1n) is 7.33. The van der Waals surface area contributed by atoms with E-state index < -0.39 is 0 Å². The summed E-state index contributed by atoms with van der Waals surface area (Å²) in [4.78, 5) is 2.66. The van der Waals surface area contributed by atoms with Gasteiger partial charge in [0.2, 0.25) is 0 Å². The van der Waals surface area contributed by atoms with Crippen LogP contribution in [0, 0.1) is 11.8 Å². The van der Waals surface area contributed by atoms with Crippen molar-refractivity contribution in [2.24, 2.45) is 11.8 Å². The number of hydrogen-bond donors (Lipinski definition) is 1. The minimum Gasteiger partial charge on any atom is -0.379 e. The van der Waals surface area contributed by atoms with Crippen molar-refractivity contribution in [2.45, 2.75) is 39.2 Å². The zero-order valence-corrected chi connectivity index (χ0v) is 11.5. The third-order valence-electron chi connectivity index (χ3n) is 4.27. The molecule has 3 unspecified atom stereocenters. The number of rotatable bonds is 4. The predicted molar refractivity (Wildman–Crippen MR) is 71.2 cm³/mol. The van der Waals surface area contributed by atoms with E-state index in [0.29, 0.717) is 12.0 Å². The van der Waals surface area contributed by atoms with Gasteiger partial charge in [-0.1, -0.05) is 13.8 Å². The molecule has 2 aliphatic heterocycles. The molecular weight excluding hydrogens is 212 g/mol. The summed E-state index contributed by atoms with van der Waals surface area (Å²) in [5.74, 6) is 1.62. The first-order valence-corrected chi connectivity index (χ1v) is 7.33. The lowest BCUT2D eigenvalue weighted by molar-refractivity contribution is 0.168. The average molecular weight is 240 g/mol. The molecule has 0 spiro atoms. The molecule has 0 aromatic rings. The summed E-state index contributed by atoms with van der Waals surface area (Å²) < 4.78 is 5.63. The monoisotopic (exact) mass is 240 g/mol. The number of nitrogens with one attached hydrogen (secondary N) is 1. The highest BCUT2D eigenvalue weighted by Crippen LogP contribution is 2.20. The summed E-state index contributed by atoms with van der Waals surface area (Å²) in [5.41, 5.74) is 0. The SMILES string of the molecule is CCNC1COCC1CN1CCCC(C)CC1. The molecule has 2 aliphatic rings. The molecule has 0 aromatic carbocycles. The Morgan fingerprint density at radius 2 is 2.12 bits per heavy atom. The van der Waals surface area contributed by atoms with Gasteiger partial charge in [0.05, 0.1) is 13.2 Å². The maximum absolute atomic E-state index is 5.63. The molecular formula is C14H28N2O. The molecule has 2 rings (SSSR count). The van der Waals surface area contributed by atoms with Crippen molar-refractivity contribution in [1.29, 1.82) is 0 Å². The van der Waals surface area contributed by atoms with E-state index in [0.717, 1.165) is 25.7 Å². The van der Waals surface area contributed by atoms with Gasteiger partial charge in [0.25, 0.3) is 0 Å². The molecule has 1 N–H and O–H groups in total. The van der Waals surface area contributed by atoms with Crippen LogP contribution in [0.1, 0.15) is 33.1 Å². The summed E-state index contributed by atoms with van der Waals surface area (Å²) in [5, 5.41) is 3.56. The number of hydrogen-bond acceptors (Lipinski definition) is 3. The molecule has 0 saturated carbocycles. The van der Waals surface area contributed by atoms with E-state index in [4.69, 9.17) is 4.74 Å². The topological polar surface area (TPSA) is 24.5 Å². The Balaban J connectivity index is 1.78. The summed E-state index contributed by atoms with van der Waals surface area (Å²) >= 11 is 0. The Hall–Kier alpha value is -0.120. The van der Waals surface area contributed by atoms with Crippen molar-refractivity contribution in [3.05, 3.63) is 0 Å². The fourth-order valence-corrected chi connectivity index (χ4v) is 3.10. The van der Waals surface area contributed by atoms with Crippen LogP contribution in [0.15, 0.2) is 0 Å². The fraction of sp³-hybridized carbons (Fsp3) is 1.00. The van der Waals surface area contributed by atoms with Crippen molar-refractivity contribution in [3.8, 4) is 0 Å². The Morgan fingerprint density at radius 3 is 2.94 bits per heavy atom. The van der Waals surface area contributed by atoms with Crippen LogP contribution in [0.4, 0.5) is 0 Å². The molecule has 17 heavy (non-hydrogen) atoms. The van der Waals surface area contributed by atoms with Gasteiger partial charge in [0, 0.05) is 18.5 Å². The van der Waals surface area contributed by atoms with Crippen LogP contribution in [0.25, 0.3) is 0 Å². The van der Waals surface area contributed by atoms with Gasteiger partial charge in [-0.05, 0) is 44.8 Å². The van der Waals surface area contributed by atoms with E-state index in [9.17, 15) is 0 Å². The lowest BCUT2D eigenvalue weighted by Gasteiger charge is -2.26. The smallest absolute Gasteiger partial charge is 0.0623 e. The standard InChI is InChI=1S/C14H28N2O/c1-3-15-14-11-17-10-13(14)9-16-7-4-5-12(2)6-8-16/h12-15H,3-11H2,1-2H3. The third kappa shape index (κ3) is 3.94. The zero-order chi connectivity index (χ0) is 12.1. The lowest BCUT2D eigenvalue weighted by atomic mass is 10.0. The molecule has 0 aliphatic carbocycles. The molecule has 3 nitrogen and oxygen atoms in total. The Morgan fingerprint density at radius 1 is 1.24 bits per heavy atom. The van der Waals surface area contributed by atoms with Crippen molar-refractivity contribution in [2.75, 3.05) is 39.4 Å². The van der Waals surface area contributed by atoms with Crippen LogP contribution >= 0.6 is 0 Å². The number of likely N-dealkylation sites (N-methyl/N-ethyl adjacent to an activating group) is 1. The number of likely N-dealkylation sites (tertiary alicyclic amines) is 1. The van der Waals surface area contributed by atoms with E-state index in [1.165, 1.54) is 38.9 Å². The van der Waals surface area contributed by atoms with Crippen LogP contribution in [-0.2, 0) is 4.74 Å². The van der Waals surface area contributed by atoms with Gasteiger partial charge in [0.15, 0.2) is 0 Å². The second kappa shape index (κ2) is 6.72. The van der Waals surface area contributed by atoms with E-state index in [1.807, 2.05) is 0 Å². The van der Waals surface area contributed by atoms with Gasteiger partial charge >= 0.3 is 0 Å². The molecule has 2 fully saturated rings. The van der Waals surface area contributed by atoms with Crippen molar-refractivity contribution in [3.63, 3.8) is 0 Å². The van der Waals surface area contributed by atoms with Crippen molar-refractivity contribution >= 4 is 0 Å². The molecule has 3 atom stereocenters. The number of ether oxygens (including phenoxy) is 1. The van der Waals surface area contributed by atoms with Crippen LogP contribution in [0.5, 0.6) is 0 Å². The van der Waals surface area contributed by atoms with Crippen LogP contribution in [0.3, 0.4) is 0 Å². The van der Waals surface area contributed by atoms with E-state index in [-0.39, 0.29) is 0 Å². The van der Waals surface area contributed by atoms with Crippen molar-refractivity contribution in [1.82, 2.24) is 10.2 Å².